The predicted octanol–water partition coefficient (Wildman–Crippen LogP) is 3.77. The zero-order valence-corrected chi connectivity index (χ0v) is 13.2. The number of hydrogen-bond donors (Lipinski definition) is 1. The van der Waals surface area contributed by atoms with E-state index in [0.29, 0.717) is 28.9 Å². The van der Waals surface area contributed by atoms with E-state index in [1.807, 2.05) is 11.0 Å². The van der Waals surface area contributed by atoms with Gasteiger partial charge in [0.15, 0.2) is 5.76 Å². The minimum Gasteiger partial charge on any atom is -0.451 e. The number of furan rings is 1. The van der Waals surface area contributed by atoms with E-state index in [9.17, 15) is 4.79 Å². The minimum atomic E-state index is -0.0489. The van der Waals surface area contributed by atoms with Crippen molar-refractivity contribution in [2.24, 2.45) is 11.8 Å². The molecule has 2 aromatic rings. The van der Waals surface area contributed by atoms with Gasteiger partial charge in [0.05, 0.1) is 0 Å². The average molecular weight is 288 g/mol. The van der Waals surface area contributed by atoms with Crippen LogP contribution in [-0.4, -0.2) is 23.9 Å². The summed E-state index contributed by atoms with van der Waals surface area (Å²) in [7, 11) is 0. The van der Waals surface area contributed by atoms with Crippen molar-refractivity contribution in [2.45, 2.75) is 27.7 Å². The number of fused-ring (bicyclic) bond motifs is 1. The van der Waals surface area contributed by atoms with Crippen molar-refractivity contribution < 1.29 is 9.21 Å². The summed E-state index contributed by atoms with van der Waals surface area (Å²) in [6, 6.07) is 7.18. The molecular formula is C17H24N2O2. The summed E-state index contributed by atoms with van der Waals surface area (Å²) in [5, 5.41) is 0.868. The average Bonchev–Trinajstić information content (AvgIpc) is 2.78. The normalized spacial score (nSPS) is 11.5. The first-order chi connectivity index (χ1) is 9.86. The summed E-state index contributed by atoms with van der Waals surface area (Å²) in [4.78, 5) is 14.5. The van der Waals surface area contributed by atoms with Crippen molar-refractivity contribution in [2.75, 3.05) is 18.8 Å². The van der Waals surface area contributed by atoms with Crippen LogP contribution >= 0.6 is 0 Å². The van der Waals surface area contributed by atoms with Gasteiger partial charge in [-0.1, -0.05) is 27.7 Å². The van der Waals surface area contributed by atoms with Crippen LogP contribution in [0, 0.1) is 11.8 Å². The third-order valence-electron chi connectivity index (χ3n) is 3.21. The molecule has 0 unspecified atom stereocenters. The lowest BCUT2D eigenvalue weighted by atomic mass is 10.1. The Morgan fingerprint density at radius 1 is 1.14 bits per heavy atom. The van der Waals surface area contributed by atoms with Crippen LogP contribution < -0.4 is 5.73 Å². The van der Waals surface area contributed by atoms with E-state index in [1.54, 1.807) is 18.2 Å². The van der Waals surface area contributed by atoms with Crippen molar-refractivity contribution >= 4 is 22.6 Å². The molecule has 0 fully saturated rings. The summed E-state index contributed by atoms with van der Waals surface area (Å²) >= 11 is 0. The van der Waals surface area contributed by atoms with Crippen LogP contribution in [0.25, 0.3) is 11.0 Å². The Kier molecular flexibility index (Phi) is 4.56. The molecule has 0 saturated heterocycles. The molecule has 1 heterocycles. The molecule has 0 saturated carbocycles. The lowest BCUT2D eigenvalue weighted by molar-refractivity contribution is 0.0685. The zero-order valence-electron chi connectivity index (χ0n) is 13.2. The number of nitrogen functional groups attached to an aromatic ring is 1. The minimum absolute atomic E-state index is 0.0489. The maximum Gasteiger partial charge on any atom is 0.289 e. The van der Waals surface area contributed by atoms with Crippen LogP contribution in [-0.2, 0) is 0 Å². The number of amides is 1. The first-order valence-corrected chi connectivity index (χ1v) is 7.45. The van der Waals surface area contributed by atoms with E-state index in [4.69, 9.17) is 10.2 Å². The molecular weight excluding hydrogens is 264 g/mol. The van der Waals surface area contributed by atoms with Gasteiger partial charge < -0.3 is 15.1 Å². The molecule has 4 nitrogen and oxygen atoms in total. The Bertz CT molecular complexity index is 619. The second-order valence-corrected chi connectivity index (χ2v) is 6.41. The maximum atomic E-state index is 12.7. The fourth-order valence-corrected chi connectivity index (χ4v) is 2.44. The number of nitrogens with two attached hydrogens (primary N) is 1. The SMILES string of the molecule is CC(C)CN(CC(C)C)C(=O)c1cc2cc(N)ccc2o1. The topological polar surface area (TPSA) is 59.5 Å². The number of carbonyl (C=O) groups is 1. The molecule has 21 heavy (non-hydrogen) atoms. The van der Waals surface area contributed by atoms with Crippen LogP contribution in [0.2, 0.25) is 0 Å². The second-order valence-electron chi connectivity index (χ2n) is 6.41. The van der Waals surface area contributed by atoms with Crippen LogP contribution in [0.1, 0.15) is 38.2 Å². The van der Waals surface area contributed by atoms with Crippen LogP contribution in [0.4, 0.5) is 5.69 Å². The van der Waals surface area contributed by atoms with Gasteiger partial charge in [0, 0.05) is 24.2 Å². The van der Waals surface area contributed by atoms with E-state index in [2.05, 4.69) is 27.7 Å². The fraction of sp³-hybridized carbons (Fsp3) is 0.471. The van der Waals surface area contributed by atoms with Gasteiger partial charge in [0.1, 0.15) is 5.58 Å². The standard InChI is InChI=1S/C17H24N2O2/c1-11(2)9-19(10-12(3)4)17(20)16-8-13-7-14(18)5-6-15(13)21-16/h5-8,11-12H,9-10,18H2,1-4H3. The molecule has 0 aliphatic carbocycles. The molecule has 0 spiro atoms. The summed E-state index contributed by atoms with van der Waals surface area (Å²) in [6.45, 7) is 9.91. The molecule has 114 valence electrons. The number of carbonyl (C=O) groups excluding carboxylic acids is 1. The van der Waals surface area contributed by atoms with E-state index in [-0.39, 0.29) is 5.91 Å². The molecule has 0 bridgehead atoms. The quantitative estimate of drug-likeness (QED) is 0.852. The molecule has 1 aromatic heterocycles. The van der Waals surface area contributed by atoms with Crippen LogP contribution in [0.5, 0.6) is 0 Å². The van der Waals surface area contributed by atoms with E-state index >= 15 is 0 Å². The van der Waals surface area contributed by atoms with Gasteiger partial charge in [0.2, 0.25) is 0 Å². The number of nitrogens with zero attached hydrogens (tertiary/aromatic N) is 1. The molecule has 2 N–H and O–H groups in total. The molecule has 0 aliphatic heterocycles. The first kappa shape index (κ1) is 15.4. The Morgan fingerprint density at radius 3 is 2.33 bits per heavy atom. The summed E-state index contributed by atoms with van der Waals surface area (Å²) in [6.07, 6.45) is 0. The van der Waals surface area contributed by atoms with Gasteiger partial charge >= 0.3 is 0 Å². The van der Waals surface area contributed by atoms with Gasteiger partial charge in [-0.25, -0.2) is 0 Å². The number of anilines is 1. The molecule has 0 atom stereocenters. The van der Waals surface area contributed by atoms with Crippen LogP contribution in [0.15, 0.2) is 28.7 Å². The van der Waals surface area contributed by atoms with Gasteiger partial charge in [-0.2, -0.15) is 0 Å². The Balaban J connectivity index is 2.28. The van der Waals surface area contributed by atoms with Crippen LogP contribution in [0.3, 0.4) is 0 Å². The maximum absolute atomic E-state index is 12.7. The highest BCUT2D eigenvalue weighted by Gasteiger charge is 2.21. The van der Waals surface area contributed by atoms with E-state index < -0.39 is 0 Å². The smallest absolute Gasteiger partial charge is 0.289 e. The highest BCUT2D eigenvalue weighted by atomic mass is 16.3. The Labute approximate surface area is 125 Å². The van der Waals surface area contributed by atoms with Crippen molar-refractivity contribution in [3.63, 3.8) is 0 Å². The zero-order chi connectivity index (χ0) is 15.6. The highest BCUT2D eigenvalue weighted by Crippen LogP contribution is 2.23. The first-order valence-electron chi connectivity index (χ1n) is 7.45. The van der Waals surface area contributed by atoms with E-state index in [0.717, 1.165) is 18.5 Å². The van der Waals surface area contributed by atoms with Gasteiger partial charge in [-0.15, -0.1) is 0 Å². The Morgan fingerprint density at radius 2 is 1.76 bits per heavy atom. The molecule has 2 rings (SSSR count). The molecule has 0 radical (unpaired) electrons. The third-order valence-corrected chi connectivity index (χ3v) is 3.21. The van der Waals surface area contributed by atoms with Crippen molar-refractivity contribution in [1.29, 1.82) is 0 Å². The van der Waals surface area contributed by atoms with E-state index in [1.165, 1.54) is 0 Å². The van der Waals surface area contributed by atoms with Crippen molar-refractivity contribution in [3.05, 3.63) is 30.0 Å². The Hall–Kier alpha value is -1.97. The van der Waals surface area contributed by atoms with Gasteiger partial charge in [-0.3, -0.25) is 4.79 Å². The lowest BCUT2D eigenvalue weighted by Crippen LogP contribution is -2.36. The van der Waals surface area contributed by atoms with Crippen molar-refractivity contribution in [1.82, 2.24) is 4.90 Å². The lowest BCUT2D eigenvalue weighted by Gasteiger charge is -2.25. The van der Waals surface area contributed by atoms with Crippen molar-refractivity contribution in [3.8, 4) is 0 Å². The largest absolute Gasteiger partial charge is 0.451 e. The van der Waals surface area contributed by atoms with Gasteiger partial charge in [-0.05, 0) is 36.1 Å². The number of hydrogen-bond acceptors (Lipinski definition) is 3. The summed E-state index contributed by atoms with van der Waals surface area (Å²) in [5.41, 5.74) is 7.13. The molecule has 1 amide bonds. The summed E-state index contributed by atoms with van der Waals surface area (Å²) in [5.74, 6) is 1.18. The molecule has 4 heteroatoms. The third kappa shape index (κ3) is 3.78. The van der Waals surface area contributed by atoms with Gasteiger partial charge in [0.25, 0.3) is 5.91 Å². The monoisotopic (exact) mass is 288 g/mol. The summed E-state index contributed by atoms with van der Waals surface area (Å²) < 4.78 is 5.68. The molecule has 0 aliphatic rings. The fourth-order valence-electron chi connectivity index (χ4n) is 2.44. The number of benzene rings is 1. The number of rotatable bonds is 5. The highest BCUT2D eigenvalue weighted by molar-refractivity contribution is 5.96. The predicted molar refractivity (Wildman–Crippen MR) is 86.2 cm³/mol. The second kappa shape index (κ2) is 6.20. The molecule has 1 aromatic carbocycles.